The number of para-hydroxylation sites is 4. The topological polar surface area (TPSA) is 51.0 Å². The molecule has 0 aliphatic rings. The second-order valence-corrected chi connectivity index (χ2v) is 5.16. The monoisotopic (exact) mass is 345 g/mol. The van der Waals surface area contributed by atoms with E-state index in [0.29, 0.717) is 22.1 Å². The van der Waals surface area contributed by atoms with Gasteiger partial charge in [-0.25, -0.2) is 0 Å². The second-order valence-electron chi connectivity index (χ2n) is 3.61. The summed E-state index contributed by atoms with van der Waals surface area (Å²) in [5.41, 5.74) is 1.54. The zero-order valence-corrected chi connectivity index (χ0v) is 11.8. The molecule has 3 aromatic rings. The molecule has 19 heavy (non-hydrogen) atoms. The molecule has 0 fully saturated rings. The van der Waals surface area contributed by atoms with Crippen molar-refractivity contribution >= 4 is 42.3 Å². The van der Waals surface area contributed by atoms with Crippen LogP contribution < -0.4 is 4.43 Å². The number of hydrogen-bond acceptors (Lipinski definition) is 2. The van der Waals surface area contributed by atoms with E-state index in [1.807, 2.05) is 0 Å². The number of aromatic nitrogens is 2. The Hall–Kier alpha value is -1.26. The molecule has 1 heterocycles. The molecule has 2 aromatic carbocycles. The van der Waals surface area contributed by atoms with Crippen molar-refractivity contribution in [3.8, 4) is 0 Å². The maximum absolute atomic E-state index is 12.0. The molecule has 0 atom stereocenters. The predicted octanol–water partition coefficient (Wildman–Crippen LogP) is 3.43. The first-order valence-corrected chi connectivity index (χ1v) is 7.73. The van der Waals surface area contributed by atoms with Crippen molar-refractivity contribution in [2.45, 2.75) is 0 Å². The van der Waals surface area contributed by atoms with Crippen LogP contribution in [0.1, 0.15) is 0 Å². The standard InChI is InChI=1S/C12H8N2O2.2ClH.Cu/c15-13-9-5-1-2-6-10(9)14(16)12-8-4-3-7-11(12)13;;;/h1-8H;2*1H;/q;;;+2/p-2. The van der Waals surface area contributed by atoms with Gasteiger partial charge < -0.3 is 9.94 Å². The Morgan fingerprint density at radius 3 is 1.74 bits per heavy atom. The molecule has 0 bridgehead atoms. The van der Waals surface area contributed by atoms with Gasteiger partial charge in [0, 0.05) is 17.0 Å². The van der Waals surface area contributed by atoms with E-state index in [9.17, 15) is 10.1 Å². The quantitative estimate of drug-likeness (QED) is 0.356. The Balaban J connectivity index is 0.000000408. The number of nitrogens with zero attached hydrogens (tertiary/aromatic N) is 2. The summed E-state index contributed by atoms with van der Waals surface area (Å²) < 4.78 is 1.58. The third-order valence-corrected chi connectivity index (χ3v) is 2.64. The van der Waals surface area contributed by atoms with Crippen LogP contribution >= 0.6 is 20.2 Å². The van der Waals surface area contributed by atoms with E-state index < -0.39 is 0 Å². The van der Waals surface area contributed by atoms with Gasteiger partial charge >= 0.3 is 33.3 Å². The molecule has 0 spiro atoms. The van der Waals surface area contributed by atoms with Crippen LogP contribution in [0.5, 0.6) is 0 Å². The van der Waals surface area contributed by atoms with Crippen molar-refractivity contribution in [1.29, 1.82) is 0 Å². The summed E-state index contributed by atoms with van der Waals surface area (Å²) in [5, 5.41) is 12.0. The van der Waals surface area contributed by atoms with Gasteiger partial charge in [-0.1, -0.05) is 24.3 Å². The van der Waals surface area contributed by atoms with E-state index >= 15 is 0 Å². The van der Waals surface area contributed by atoms with Gasteiger partial charge in [0.25, 0.3) is 11.0 Å². The average molecular weight is 347 g/mol. The Kier molecular flexibility index (Phi) is 4.66. The zero-order valence-electron chi connectivity index (χ0n) is 9.39. The summed E-state index contributed by atoms with van der Waals surface area (Å²) in [6.07, 6.45) is 0. The molecule has 0 radical (unpaired) electrons. The molecule has 0 saturated carbocycles. The molecule has 103 valence electrons. The second kappa shape index (κ2) is 6.26. The third kappa shape index (κ3) is 2.69. The van der Waals surface area contributed by atoms with E-state index in [2.05, 4.69) is 20.2 Å². The van der Waals surface area contributed by atoms with Gasteiger partial charge in [-0.3, -0.25) is 0 Å². The van der Waals surface area contributed by atoms with Crippen LogP contribution in [0, 0.1) is 10.1 Å². The fourth-order valence-corrected chi connectivity index (χ4v) is 1.87. The molecule has 0 aliphatic carbocycles. The normalized spacial score (nSPS) is 10.4. The molecule has 0 amide bonds. The summed E-state index contributed by atoms with van der Waals surface area (Å²) in [7, 11) is 9.34. The summed E-state index contributed by atoms with van der Waals surface area (Å²) in [4.78, 5) is 12.0. The molecule has 1 aromatic heterocycles. The minimum atomic E-state index is 0.385. The van der Waals surface area contributed by atoms with Crippen molar-refractivity contribution in [3.63, 3.8) is 0 Å². The fraction of sp³-hybridized carbons (Fsp3) is 0. The molecule has 0 N–H and O–H groups in total. The van der Waals surface area contributed by atoms with Gasteiger partial charge in [0.05, 0.1) is 4.43 Å². The van der Waals surface area contributed by atoms with Crippen LogP contribution in [-0.4, -0.2) is 4.73 Å². The molecule has 3 rings (SSSR count). The van der Waals surface area contributed by atoms with Gasteiger partial charge in [0.15, 0.2) is 0 Å². The number of benzene rings is 2. The Morgan fingerprint density at radius 2 is 1.32 bits per heavy atom. The summed E-state index contributed by atoms with van der Waals surface area (Å²) in [5.74, 6) is 0. The molecular formula is C12H8Cl2CuN2O2. The van der Waals surface area contributed by atoms with Crippen LogP contribution in [0.2, 0.25) is 0 Å². The molecule has 0 saturated heterocycles. The van der Waals surface area contributed by atoms with Gasteiger partial charge in [-0.2, -0.15) is 0 Å². The molecule has 0 unspecified atom stereocenters. The first-order valence-electron chi connectivity index (χ1n) is 5.14. The zero-order chi connectivity index (χ0) is 13.8. The average Bonchev–Trinajstić information content (AvgIpc) is 2.46. The van der Waals surface area contributed by atoms with Gasteiger partial charge in [-0.05, 0) is 12.1 Å². The number of hydrogen-bond donors (Lipinski definition) is 0. The summed E-state index contributed by atoms with van der Waals surface area (Å²) in [6.45, 7) is 0. The van der Waals surface area contributed by atoms with Crippen molar-refractivity contribution in [2.24, 2.45) is 0 Å². The Labute approximate surface area is 123 Å². The molecule has 7 heteroatoms. The van der Waals surface area contributed by atoms with Crippen LogP contribution in [-0.2, 0) is 13.1 Å². The predicted molar refractivity (Wildman–Crippen MR) is 73.3 cm³/mol. The van der Waals surface area contributed by atoms with E-state index in [1.54, 1.807) is 48.5 Å². The van der Waals surface area contributed by atoms with Crippen LogP contribution in [0.15, 0.2) is 48.5 Å². The van der Waals surface area contributed by atoms with E-state index in [4.69, 9.17) is 0 Å². The molecule has 4 nitrogen and oxygen atoms in total. The van der Waals surface area contributed by atoms with Crippen molar-refractivity contribution in [3.05, 3.63) is 58.6 Å². The maximum atomic E-state index is 12.0. The summed E-state index contributed by atoms with van der Waals surface area (Å²) in [6, 6.07) is 13.5. The van der Waals surface area contributed by atoms with Crippen molar-refractivity contribution in [2.75, 3.05) is 0 Å². The third-order valence-electron chi connectivity index (χ3n) is 2.64. The van der Waals surface area contributed by atoms with E-state index in [-0.39, 0.29) is 0 Å². The first-order chi connectivity index (χ1) is 9.20. The van der Waals surface area contributed by atoms with Gasteiger partial charge in [-0.15, -0.1) is 0 Å². The van der Waals surface area contributed by atoms with Crippen molar-refractivity contribution in [1.82, 2.24) is 4.73 Å². The Morgan fingerprint density at radius 1 is 0.947 bits per heavy atom. The molecule has 0 aliphatic heterocycles. The van der Waals surface area contributed by atoms with Crippen LogP contribution in [0.25, 0.3) is 22.1 Å². The van der Waals surface area contributed by atoms with Gasteiger partial charge in [0.1, 0.15) is 11.0 Å². The Bertz CT molecular complexity index is 716. The van der Waals surface area contributed by atoms with E-state index in [1.165, 1.54) is 0 Å². The fourth-order valence-electron chi connectivity index (χ4n) is 1.87. The van der Waals surface area contributed by atoms with Gasteiger partial charge in [0.2, 0.25) is 0 Å². The minimum absolute atomic E-state index is 0.385. The SMILES string of the molecule is O=[n+]1c2ccccc2n([O-])c2ccccc21.[Cl][Cu][Cl]. The first kappa shape index (κ1) is 14.2. The van der Waals surface area contributed by atoms with Crippen LogP contribution in [0.4, 0.5) is 0 Å². The molecular weight excluding hydrogens is 339 g/mol. The summed E-state index contributed by atoms with van der Waals surface area (Å²) >= 11 is 0.757. The van der Waals surface area contributed by atoms with Crippen molar-refractivity contribution < 1.29 is 17.6 Å². The number of halogens is 2. The van der Waals surface area contributed by atoms with Crippen LogP contribution in [0.3, 0.4) is 0 Å². The number of rotatable bonds is 0. The van der Waals surface area contributed by atoms with E-state index in [0.717, 1.165) is 22.3 Å². The number of fused-ring (bicyclic) bond motifs is 2.